The van der Waals surface area contributed by atoms with E-state index < -0.39 is 0 Å². The van der Waals surface area contributed by atoms with E-state index in [1.165, 1.54) is 0 Å². The fourth-order valence-electron chi connectivity index (χ4n) is 2.96. The first-order valence-corrected chi connectivity index (χ1v) is 8.25. The van der Waals surface area contributed by atoms with E-state index in [0.717, 1.165) is 30.6 Å². The molecule has 0 spiro atoms. The van der Waals surface area contributed by atoms with Crippen LogP contribution in [0.15, 0.2) is 33.5 Å². The van der Waals surface area contributed by atoms with Crippen LogP contribution < -0.4 is 15.7 Å². The van der Waals surface area contributed by atoms with Gasteiger partial charge in [-0.2, -0.15) is 0 Å². The molecule has 5 nitrogen and oxygen atoms in total. The zero-order valence-corrected chi connectivity index (χ0v) is 15.7. The van der Waals surface area contributed by atoms with Crippen LogP contribution in [0, 0.1) is 0 Å². The molecule has 1 aliphatic heterocycles. The predicted molar refractivity (Wildman–Crippen MR) is 105 cm³/mol. The molecule has 1 unspecified atom stereocenters. The molecular weight excluding hydrogens is 368 g/mol. The van der Waals surface area contributed by atoms with Gasteiger partial charge in [-0.15, -0.1) is 25.0 Å². The number of benzene rings is 1. The number of nitrogens with one attached hydrogen (secondary N) is 1. The summed E-state index contributed by atoms with van der Waals surface area (Å²) in [5, 5.41) is 4.28. The van der Waals surface area contributed by atoms with Gasteiger partial charge in [-0.3, -0.25) is 0 Å². The Morgan fingerprint density at radius 2 is 2.29 bits per heavy atom. The summed E-state index contributed by atoms with van der Waals surface area (Å²) in [4.78, 5) is 14.0. The molecule has 1 aromatic heterocycles. The minimum Gasteiger partial charge on any atom is -0.497 e. The number of piperazine rings is 1. The van der Waals surface area contributed by atoms with Gasteiger partial charge in [0.1, 0.15) is 15.7 Å². The van der Waals surface area contributed by atoms with Gasteiger partial charge >= 0.3 is 5.63 Å². The second-order valence-electron chi connectivity index (χ2n) is 5.49. The summed E-state index contributed by atoms with van der Waals surface area (Å²) < 4.78 is 11.1. The van der Waals surface area contributed by atoms with Gasteiger partial charge in [0.2, 0.25) is 0 Å². The maximum atomic E-state index is 11.9. The van der Waals surface area contributed by atoms with Gasteiger partial charge in [0.25, 0.3) is 0 Å². The molecule has 2 aromatic rings. The summed E-state index contributed by atoms with van der Waals surface area (Å²) in [7, 11) is 1.59. The van der Waals surface area contributed by atoms with E-state index in [9.17, 15) is 4.79 Å². The summed E-state index contributed by atoms with van der Waals surface area (Å²) >= 11 is 9.55. The molecule has 0 bridgehead atoms. The zero-order valence-electron chi connectivity index (χ0n) is 13.2. The number of nitrogens with zero attached hydrogens (tertiary/aromatic N) is 1. The highest BCUT2D eigenvalue weighted by atomic mass is 35.5. The molecule has 0 radical (unpaired) electrons. The Morgan fingerprint density at radius 1 is 1.50 bits per heavy atom. The lowest BCUT2D eigenvalue weighted by Crippen LogP contribution is -2.53. The van der Waals surface area contributed by atoms with Gasteiger partial charge in [-0.05, 0) is 24.1 Å². The number of rotatable bonds is 3. The topological polar surface area (TPSA) is 54.7 Å². The predicted octanol–water partition coefficient (Wildman–Crippen LogP) is 2.25. The van der Waals surface area contributed by atoms with Crippen molar-refractivity contribution in [3.63, 3.8) is 0 Å². The Kier molecular flexibility index (Phi) is 6.51. The molecule has 1 fully saturated rings. The number of thiocarbonyl (C=S) groups is 1. The smallest absolute Gasteiger partial charge is 0.336 e. The Balaban J connectivity index is 0.00000208. The molecule has 8 heteroatoms. The lowest BCUT2D eigenvalue weighted by molar-refractivity contribution is 0.264. The third kappa shape index (κ3) is 4.03. The maximum absolute atomic E-state index is 11.9. The standard InChI is InChI=1S/C16H18N2O3S2.ClH/c1-20-12-2-3-13-10(7-15(19)21-14(13)8-12)6-11-9-17-4-5-18(11)16(22)23;/h2-3,7-8,11,17H,4-6,9H2,1H3,(H,22,23);1H. The molecule has 130 valence electrons. The van der Waals surface area contributed by atoms with Crippen LogP contribution in [0.25, 0.3) is 11.0 Å². The minimum atomic E-state index is -0.357. The number of fused-ring (bicyclic) bond motifs is 1. The van der Waals surface area contributed by atoms with Crippen molar-refractivity contribution in [3.8, 4) is 5.75 Å². The summed E-state index contributed by atoms with van der Waals surface area (Å²) in [5.74, 6) is 0.662. The first-order chi connectivity index (χ1) is 11.1. The van der Waals surface area contributed by atoms with Gasteiger partial charge in [-0.25, -0.2) is 4.79 Å². The van der Waals surface area contributed by atoms with Crippen LogP contribution in [0.1, 0.15) is 5.56 Å². The highest BCUT2D eigenvalue weighted by Gasteiger charge is 2.24. The lowest BCUT2D eigenvalue weighted by Gasteiger charge is -2.37. The SMILES string of the molecule is COc1ccc2c(CC3CNCCN3C(=S)S)cc(=O)oc2c1.Cl. The van der Waals surface area contributed by atoms with E-state index in [-0.39, 0.29) is 24.1 Å². The summed E-state index contributed by atoms with van der Waals surface area (Å²) in [6, 6.07) is 7.25. The average Bonchev–Trinajstić information content (AvgIpc) is 2.54. The van der Waals surface area contributed by atoms with Crippen molar-refractivity contribution in [1.82, 2.24) is 10.2 Å². The first-order valence-electron chi connectivity index (χ1n) is 7.39. The van der Waals surface area contributed by atoms with Gasteiger partial charge in [0.05, 0.1) is 7.11 Å². The van der Waals surface area contributed by atoms with E-state index >= 15 is 0 Å². The molecule has 2 heterocycles. The van der Waals surface area contributed by atoms with Gasteiger partial charge in [-0.1, -0.05) is 12.2 Å². The van der Waals surface area contributed by atoms with Crippen LogP contribution in [0.5, 0.6) is 5.75 Å². The van der Waals surface area contributed by atoms with Crippen LogP contribution in [-0.4, -0.2) is 42.0 Å². The minimum absolute atomic E-state index is 0. The number of ether oxygens (including phenoxy) is 1. The van der Waals surface area contributed by atoms with E-state index in [2.05, 4.69) is 22.8 Å². The second kappa shape index (κ2) is 8.20. The van der Waals surface area contributed by atoms with Crippen LogP contribution in [-0.2, 0) is 6.42 Å². The Bertz CT molecular complexity index is 796. The van der Waals surface area contributed by atoms with Crippen molar-refractivity contribution >= 4 is 52.5 Å². The maximum Gasteiger partial charge on any atom is 0.336 e. The van der Waals surface area contributed by atoms with E-state index in [1.54, 1.807) is 19.2 Å². The number of hydrogen-bond donors (Lipinski definition) is 2. The largest absolute Gasteiger partial charge is 0.497 e. The van der Waals surface area contributed by atoms with Crippen LogP contribution in [0.2, 0.25) is 0 Å². The average molecular weight is 387 g/mol. The highest BCUT2D eigenvalue weighted by molar-refractivity contribution is 8.10. The molecule has 1 aromatic carbocycles. The Labute approximate surface area is 157 Å². The van der Waals surface area contributed by atoms with Crippen LogP contribution in [0.4, 0.5) is 0 Å². The normalized spacial score (nSPS) is 17.4. The van der Waals surface area contributed by atoms with Crippen molar-refractivity contribution in [2.24, 2.45) is 0 Å². The fourth-order valence-corrected chi connectivity index (χ4v) is 3.46. The second-order valence-corrected chi connectivity index (χ2v) is 6.60. The number of halogens is 1. The van der Waals surface area contributed by atoms with Crippen LogP contribution in [0.3, 0.4) is 0 Å². The van der Waals surface area contributed by atoms with E-state index in [4.69, 9.17) is 21.4 Å². The lowest BCUT2D eigenvalue weighted by atomic mass is 10.0. The van der Waals surface area contributed by atoms with Crippen molar-refractivity contribution in [2.45, 2.75) is 12.5 Å². The van der Waals surface area contributed by atoms with Gasteiger partial charge < -0.3 is 19.4 Å². The molecule has 1 N–H and O–H groups in total. The van der Waals surface area contributed by atoms with Crippen LogP contribution >= 0.6 is 37.3 Å². The van der Waals surface area contributed by atoms with Gasteiger partial charge in [0, 0.05) is 43.2 Å². The molecule has 0 aliphatic carbocycles. The number of methoxy groups -OCH3 is 1. The fraction of sp³-hybridized carbons (Fsp3) is 0.375. The van der Waals surface area contributed by atoms with Crippen molar-refractivity contribution in [1.29, 1.82) is 0 Å². The zero-order chi connectivity index (χ0) is 16.4. The quantitative estimate of drug-likeness (QED) is 0.479. The third-order valence-electron chi connectivity index (χ3n) is 4.09. The third-order valence-corrected chi connectivity index (χ3v) is 4.58. The van der Waals surface area contributed by atoms with Crippen molar-refractivity contribution < 1.29 is 9.15 Å². The van der Waals surface area contributed by atoms with E-state index in [1.807, 2.05) is 12.1 Å². The Morgan fingerprint density at radius 3 is 3.00 bits per heavy atom. The monoisotopic (exact) mass is 386 g/mol. The van der Waals surface area contributed by atoms with E-state index in [0.29, 0.717) is 22.1 Å². The first kappa shape index (κ1) is 19.1. The summed E-state index contributed by atoms with van der Waals surface area (Å²) in [5.41, 5.74) is 1.13. The molecule has 0 amide bonds. The molecule has 0 saturated carbocycles. The van der Waals surface area contributed by atoms with Crippen molar-refractivity contribution in [3.05, 3.63) is 40.2 Å². The van der Waals surface area contributed by atoms with Gasteiger partial charge in [0.15, 0.2) is 0 Å². The number of thiol groups is 1. The molecule has 1 aliphatic rings. The Hall–Kier alpha value is -1.28. The molecule has 3 rings (SSSR count). The summed E-state index contributed by atoms with van der Waals surface area (Å²) in [6.07, 6.45) is 0.697. The molecule has 24 heavy (non-hydrogen) atoms. The summed E-state index contributed by atoms with van der Waals surface area (Å²) in [6.45, 7) is 2.50. The molecule has 1 saturated heterocycles. The highest BCUT2D eigenvalue weighted by Crippen LogP contribution is 2.24. The van der Waals surface area contributed by atoms with Crippen molar-refractivity contribution in [2.75, 3.05) is 26.7 Å². The molecular formula is C16H19ClN2O3S2. The number of hydrogen-bond acceptors (Lipinski definition) is 5. The molecule has 1 atom stereocenters.